The van der Waals surface area contributed by atoms with Crippen molar-refractivity contribution < 1.29 is 10.1 Å². The monoisotopic (exact) mass is 257 g/mol. The van der Waals surface area contributed by atoms with Gasteiger partial charge in [0.25, 0.3) is 0 Å². The molecule has 0 aliphatic rings. The second-order valence-electron chi connectivity index (χ2n) is 3.50. The van der Waals surface area contributed by atoms with Crippen LogP contribution in [-0.2, 0) is 0 Å². The Hall–Kier alpha value is -3.21. The zero-order valence-corrected chi connectivity index (χ0v) is 9.46. The molecule has 1 aromatic carbocycles. The summed E-state index contributed by atoms with van der Waals surface area (Å²) in [5, 5.41) is 35.0. The zero-order chi connectivity index (χ0) is 13.8. The lowest BCUT2D eigenvalue weighted by molar-refractivity contribution is -0.384. The van der Waals surface area contributed by atoms with Gasteiger partial charge in [0.2, 0.25) is 0 Å². The summed E-state index contributed by atoms with van der Waals surface area (Å²) in [5.74, 6) is 0. The molecule has 1 aromatic heterocycles. The van der Waals surface area contributed by atoms with Crippen molar-refractivity contribution >= 4 is 11.9 Å². The second-order valence-corrected chi connectivity index (χ2v) is 3.50. The highest BCUT2D eigenvalue weighted by Crippen LogP contribution is 2.20. The first-order chi connectivity index (χ1) is 9.17. The Labute approximate surface area is 107 Å². The highest BCUT2D eigenvalue weighted by molar-refractivity contribution is 5.86. The van der Waals surface area contributed by atoms with Crippen molar-refractivity contribution in [2.75, 3.05) is 0 Å². The van der Waals surface area contributed by atoms with E-state index in [0.29, 0.717) is 11.3 Å². The Balaban J connectivity index is 2.65. The predicted octanol–water partition coefficient (Wildman–Crippen LogP) is 1.46. The topological polar surface area (TPSA) is 117 Å². The lowest BCUT2D eigenvalue weighted by atomic mass is 10.1. The largest absolute Gasteiger partial charge is 0.411 e. The molecule has 2 aromatic rings. The fourth-order valence-corrected chi connectivity index (χ4v) is 1.60. The predicted molar refractivity (Wildman–Crippen MR) is 64.3 cm³/mol. The van der Waals surface area contributed by atoms with E-state index in [-0.39, 0.29) is 11.3 Å². The molecule has 1 N–H and O–H groups in total. The van der Waals surface area contributed by atoms with Crippen LogP contribution in [0.15, 0.2) is 35.7 Å². The number of nitriles is 1. The average molecular weight is 257 g/mol. The van der Waals surface area contributed by atoms with E-state index in [9.17, 15) is 10.1 Å². The Morgan fingerprint density at radius 2 is 2.37 bits per heavy atom. The van der Waals surface area contributed by atoms with Crippen LogP contribution in [0.25, 0.3) is 5.69 Å². The third kappa shape index (κ3) is 2.25. The summed E-state index contributed by atoms with van der Waals surface area (Å²) >= 11 is 0. The van der Waals surface area contributed by atoms with Crippen LogP contribution in [0.5, 0.6) is 0 Å². The van der Waals surface area contributed by atoms with Crippen LogP contribution in [0, 0.1) is 21.4 Å². The first-order valence-electron chi connectivity index (χ1n) is 5.07. The summed E-state index contributed by atoms with van der Waals surface area (Å²) in [6.45, 7) is 0. The number of aromatic nitrogens is 2. The maximum atomic E-state index is 10.6. The normalized spacial score (nSPS) is 10.5. The second kappa shape index (κ2) is 4.97. The molecule has 0 saturated carbocycles. The standard InChI is InChI=1S/C11H7N5O3/c12-4-8-2-1-3-9(5-14-17)11(8)15-7-10(6-13-15)16(18)19/h1-3,5-7,17H. The van der Waals surface area contributed by atoms with Gasteiger partial charge in [0.15, 0.2) is 0 Å². The van der Waals surface area contributed by atoms with Crippen molar-refractivity contribution in [1.82, 2.24) is 9.78 Å². The van der Waals surface area contributed by atoms with Crippen molar-refractivity contribution in [3.05, 3.63) is 51.8 Å². The molecular weight excluding hydrogens is 250 g/mol. The van der Waals surface area contributed by atoms with Crippen molar-refractivity contribution in [1.29, 1.82) is 5.26 Å². The summed E-state index contributed by atoms with van der Waals surface area (Å²) in [5.41, 5.74) is 0.797. The van der Waals surface area contributed by atoms with E-state index < -0.39 is 4.92 Å². The minimum atomic E-state index is -0.585. The molecule has 0 atom stereocenters. The van der Waals surface area contributed by atoms with E-state index in [1.54, 1.807) is 12.1 Å². The number of hydrogen-bond acceptors (Lipinski definition) is 6. The van der Waals surface area contributed by atoms with Gasteiger partial charge in [-0.25, -0.2) is 4.68 Å². The van der Waals surface area contributed by atoms with Gasteiger partial charge >= 0.3 is 5.69 Å². The maximum Gasteiger partial charge on any atom is 0.307 e. The van der Waals surface area contributed by atoms with Crippen LogP contribution in [0.1, 0.15) is 11.1 Å². The number of benzene rings is 1. The molecule has 8 nitrogen and oxygen atoms in total. The summed E-state index contributed by atoms with van der Waals surface area (Å²) in [4.78, 5) is 10.0. The summed E-state index contributed by atoms with van der Waals surface area (Å²) < 4.78 is 1.20. The third-order valence-electron chi connectivity index (χ3n) is 2.39. The van der Waals surface area contributed by atoms with Crippen LogP contribution in [0.2, 0.25) is 0 Å². The fourth-order valence-electron chi connectivity index (χ4n) is 1.60. The molecule has 0 amide bonds. The number of hydrogen-bond donors (Lipinski definition) is 1. The minimum Gasteiger partial charge on any atom is -0.411 e. The zero-order valence-electron chi connectivity index (χ0n) is 9.46. The summed E-state index contributed by atoms with van der Waals surface area (Å²) in [6.07, 6.45) is 3.39. The van der Waals surface area contributed by atoms with Gasteiger partial charge in [-0.3, -0.25) is 10.1 Å². The van der Waals surface area contributed by atoms with E-state index in [1.807, 2.05) is 6.07 Å². The number of nitrogens with zero attached hydrogens (tertiary/aromatic N) is 5. The first-order valence-corrected chi connectivity index (χ1v) is 5.07. The molecule has 0 radical (unpaired) electrons. The summed E-state index contributed by atoms with van der Waals surface area (Å²) in [6, 6.07) is 6.71. The van der Waals surface area contributed by atoms with Crippen molar-refractivity contribution in [2.24, 2.45) is 5.16 Å². The fraction of sp³-hybridized carbons (Fsp3) is 0. The third-order valence-corrected chi connectivity index (χ3v) is 2.39. The van der Waals surface area contributed by atoms with Gasteiger partial charge in [-0.05, 0) is 6.07 Å². The van der Waals surface area contributed by atoms with Gasteiger partial charge in [0, 0.05) is 5.56 Å². The Morgan fingerprint density at radius 1 is 1.58 bits per heavy atom. The van der Waals surface area contributed by atoms with Crippen LogP contribution in [-0.4, -0.2) is 26.1 Å². The SMILES string of the molecule is N#Cc1cccc(C=NO)c1-n1cc([N+](=O)[O-])cn1. The Bertz CT molecular complexity index is 699. The number of oxime groups is 1. The van der Waals surface area contributed by atoms with E-state index in [1.165, 1.54) is 16.9 Å². The van der Waals surface area contributed by atoms with Gasteiger partial charge in [-0.15, -0.1) is 0 Å². The Kier molecular flexibility index (Phi) is 3.20. The van der Waals surface area contributed by atoms with E-state index in [4.69, 9.17) is 10.5 Å². The molecule has 94 valence electrons. The lowest BCUT2D eigenvalue weighted by Gasteiger charge is -2.06. The molecule has 0 fully saturated rings. The molecule has 19 heavy (non-hydrogen) atoms. The van der Waals surface area contributed by atoms with Crippen LogP contribution < -0.4 is 0 Å². The van der Waals surface area contributed by atoms with Crippen molar-refractivity contribution in [2.45, 2.75) is 0 Å². The van der Waals surface area contributed by atoms with E-state index in [2.05, 4.69) is 10.3 Å². The van der Waals surface area contributed by atoms with E-state index >= 15 is 0 Å². The molecule has 0 saturated heterocycles. The molecule has 0 unspecified atom stereocenters. The van der Waals surface area contributed by atoms with Gasteiger partial charge in [0.05, 0.1) is 22.4 Å². The van der Waals surface area contributed by atoms with Crippen LogP contribution >= 0.6 is 0 Å². The Morgan fingerprint density at radius 3 is 2.95 bits per heavy atom. The van der Waals surface area contributed by atoms with Crippen LogP contribution in [0.4, 0.5) is 5.69 Å². The van der Waals surface area contributed by atoms with Gasteiger partial charge in [-0.2, -0.15) is 10.4 Å². The molecular formula is C11H7N5O3. The smallest absolute Gasteiger partial charge is 0.307 e. The van der Waals surface area contributed by atoms with E-state index in [0.717, 1.165) is 12.4 Å². The minimum absolute atomic E-state index is 0.195. The van der Waals surface area contributed by atoms with Crippen LogP contribution in [0.3, 0.4) is 0 Å². The van der Waals surface area contributed by atoms with Gasteiger partial charge in [-0.1, -0.05) is 17.3 Å². The molecule has 0 aliphatic carbocycles. The number of nitro groups is 1. The summed E-state index contributed by atoms with van der Waals surface area (Å²) in [7, 11) is 0. The molecule has 8 heteroatoms. The quantitative estimate of drug-likeness (QED) is 0.386. The number of rotatable bonds is 3. The van der Waals surface area contributed by atoms with Gasteiger partial charge in [0.1, 0.15) is 18.5 Å². The number of para-hydroxylation sites is 1. The van der Waals surface area contributed by atoms with Gasteiger partial charge < -0.3 is 5.21 Å². The first kappa shape index (κ1) is 12.3. The molecule has 0 spiro atoms. The lowest BCUT2D eigenvalue weighted by Crippen LogP contribution is -2.03. The maximum absolute atomic E-state index is 10.6. The highest BCUT2D eigenvalue weighted by atomic mass is 16.6. The highest BCUT2D eigenvalue weighted by Gasteiger charge is 2.15. The van der Waals surface area contributed by atoms with Crippen molar-refractivity contribution in [3.63, 3.8) is 0 Å². The molecule has 0 bridgehead atoms. The molecule has 2 rings (SSSR count). The molecule has 0 aliphatic heterocycles. The van der Waals surface area contributed by atoms with Crippen molar-refractivity contribution in [3.8, 4) is 11.8 Å². The average Bonchev–Trinajstić information content (AvgIpc) is 2.88. The molecule has 1 heterocycles.